The monoisotopic (exact) mass is 297 g/mol. The second-order valence-electron chi connectivity index (χ2n) is 4.97. The number of nitrogens with zero attached hydrogens (tertiary/aromatic N) is 1. The number of carbonyl (C=O) groups excluding carboxylic acids is 1. The molecule has 1 aromatic rings. The molecule has 0 atom stereocenters. The van der Waals surface area contributed by atoms with Crippen LogP contribution in [0.25, 0.3) is 5.57 Å². The van der Waals surface area contributed by atoms with E-state index in [-0.39, 0.29) is 30.0 Å². The van der Waals surface area contributed by atoms with Crippen molar-refractivity contribution < 1.29 is 9.18 Å². The highest BCUT2D eigenvalue weighted by atomic mass is 35.5. The average molecular weight is 298 g/mol. The summed E-state index contributed by atoms with van der Waals surface area (Å²) in [7, 11) is 0. The predicted molar refractivity (Wildman–Crippen MR) is 77.4 cm³/mol. The fraction of sp³-hybridized carbons (Fsp3) is 0.429. The van der Waals surface area contributed by atoms with Gasteiger partial charge in [0.05, 0.1) is 0 Å². The van der Waals surface area contributed by atoms with Gasteiger partial charge < -0.3 is 10.6 Å². The van der Waals surface area contributed by atoms with Crippen molar-refractivity contribution in [2.75, 3.05) is 13.1 Å². The van der Waals surface area contributed by atoms with Crippen LogP contribution in [-0.4, -0.2) is 30.0 Å². The Morgan fingerprint density at radius 2 is 2.20 bits per heavy atom. The van der Waals surface area contributed by atoms with E-state index >= 15 is 0 Å². The number of carbonyl (C=O) groups is 1. The Morgan fingerprint density at radius 1 is 1.40 bits per heavy atom. The Morgan fingerprint density at radius 3 is 2.80 bits per heavy atom. The molecule has 1 aliphatic carbocycles. The standard InChI is InChI=1S/C14H16FN3O.ClH/c15-13-11(9-5-7-16-8-6-9)3-4-12(18-13)14(19)17-10-1-2-10;/h3-5,10,16H,1-2,6-8H2,(H,17,19);1H. The molecule has 2 N–H and O–H groups in total. The van der Waals surface area contributed by atoms with E-state index in [0.717, 1.165) is 37.9 Å². The van der Waals surface area contributed by atoms with Gasteiger partial charge in [-0.25, -0.2) is 4.98 Å². The summed E-state index contributed by atoms with van der Waals surface area (Å²) < 4.78 is 14.0. The zero-order valence-electron chi connectivity index (χ0n) is 11.0. The molecular weight excluding hydrogens is 281 g/mol. The van der Waals surface area contributed by atoms with Crippen molar-refractivity contribution in [1.82, 2.24) is 15.6 Å². The minimum absolute atomic E-state index is 0. The van der Waals surface area contributed by atoms with Crippen LogP contribution in [0.3, 0.4) is 0 Å². The van der Waals surface area contributed by atoms with Gasteiger partial charge in [0, 0.05) is 18.2 Å². The lowest BCUT2D eigenvalue weighted by Crippen LogP contribution is -2.26. The Labute approximate surface area is 123 Å². The lowest BCUT2D eigenvalue weighted by atomic mass is 10.0. The molecule has 0 bridgehead atoms. The molecule has 0 radical (unpaired) electrons. The zero-order chi connectivity index (χ0) is 13.2. The lowest BCUT2D eigenvalue weighted by Gasteiger charge is -2.14. The summed E-state index contributed by atoms with van der Waals surface area (Å²) in [5.74, 6) is -0.844. The molecule has 1 aliphatic heterocycles. The molecule has 2 aliphatic rings. The van der Waals surface area contributed by atoms with Crippen LogP contribution in [0.4, 0.5) is 4.39 Å². The van der Waals surface area contributed by atoms with Crippen molar-refractivity contribution >= 4 is 23.9 Å². The summed E-state index contributed by atoms with van der Waals surface area (Å²) in [4.78, 5) is 15.6. The molecule has 0 saturated heterocycles. The average Bonchev–Trinajstić information content (AvgIpc) is 3.23. The van der Waals surface area contributed by atoms with E-state index in [2.05, 4.69) is 15.6 Å². The first-order chi connectivity index (χ1) is 9.24. The van der Waals surface area contributed by atoms with E-state index in [9.17, 15) is 9.18 Å². The molecule has 6 heteroatoms. The summed E-state index contributed by atoms with van der Waals surface area (Å²) in [6.45, 7) is 1.59. The topological polar surface area (TPSA) is 54.0 Å². The summed E-state index contributed by atoms with van der Waals surface area (Å²) in [6.07, 6.45) is 4.76. The molecule has 0 aromatic carbocycles. The van der Waals surface area contributed by atoms with E-state index in [4.69, 9.17) is 0 Å². The van der Waals surface area contributed by atoms with Gasteiger partial charge in [0.15, 0.2) is 0 Å². The van der Waals surface area contributed by atoms with Crippen LogP contribution in [-0.2, 0) is 0 Å². The highest BCUT2D eigenvalue weighted by Gasteiger charge is 2.24. The number of aromatic nitrogens is 1. The van der Waals surface area contributed by atoms with Gasteiger partial charge in [-0.3, -0.25) is 4.79 Å². The van der Waals surface area contributed by atoms with Crippen LogP contribution in [0.2, 0.25) is 0 Å². The van der Waals surface area contributed by atoms with Crippen molar-refractivity contribution in [2.45, 2.75) is 25.3 Å². The predicted octanol–water partition coefficient (Wildman–Crippen LogP) is 1.91. The Bertz CT molecular complexity index is 543. The summed E-state index contributed by atoms with van der Waals surface area (Å²) in [5.41, 5.74) is 1.62. The fourth-order valence-electron chi connectivity index (χ4n) is 2.15. The molecule has 1 saturated carbocycles. The van der Waals surface area contributed by atoms with Gasteiger partial charge in [-0.05, 0) is 43.5 Å². The molecule has 0 spiro atoms. The quantitative estimate of drug-likeness (QED) is 0.838. The molecule has 1 fully saturated rings. The van der Waals surface area contributed by atoms with Crippen molar-refractivity contribution in [2.24, 2.45) is 0 Å². The maximum absolute atomic E-state index is 14.0. The Kier molecular flexibility index (Phi) is 4.73. The van der Waals surface area contributed by atoms with Gasteiger partial charge >= 0.3 is 0 Å². The highest BCUT2D eigenvalue weighted by molar-refractivity contribution is 5.92. The van der Waals surface area contributed by atoms with E-state index in [1.807, 2.05) is 6.08 Å². The molecule has 4 nitrogen and oxygen atoms in total. The second kappa shape index (κ2) is 6.33. The molecular formula is C14H17ClFN3O. The lowest BCUT2D eigenvalue weighted by molar-refractivity contribution is 0.0945. The summed E-state index contributed by atoms with van der Waals surface area (Å²) in [5, 5.41) is 5.98. The van der Waals surface area contributed by atoms with E-state index in [1.54, 1.807) is 12.1 Å². The van der Waals surface area contributed by atoms with Crippen molar-refractivity contribution in [3.05, 3.63) is 35.4 Å². The zero-order valence-corrected chi connectivity index (χ0v) is 11.8. The third-order valence-electron chi connectivity index (χ3n) is 3.40. The van der Waals surface area contributed by atoms with Gasteiger partial charge in [-0.15, -0.1) is 12.4 Å². The molecule has 1 aromatic heterocycles. The van der Waals surface area contributed by atoms with E-state index in [1.165, 1.54) is 0 Å². The number of halogens is 2. The number of pyridine rings is 1. The normalized spacial score (nSPS) is 17.9. The number of nitrogens with one attached hydrogen (secondary N) is 2. The van der Waals surface area contributed by atoms with Crippen LogP contribution in [0, 0.1) is 5.95 Å². The van der Waals surface area contributed by atoms with Crippen molar-refractivity contribution in [1.29, 1.82) is 0 Å². The van der Waals surface area contributed by atoms with Crippen molar-refractivity contribution in [3.8, 4) is 0 Å². The first-order valence-electron chi connectivity index (χ1n) is 6.61. The third kappa shape index (κ3) is 3.35. The number of rotatable bonds is 3. The first-order valence-corrected chi connectivity index (χ1v) is 6.61. The second-order valence-corrected chi connectivity index (χ2v) is 4.97. The molecule has 20 heavy (non-hydrogen) atoms. The van der Waals surface area contributed by atoms with Crippen LogP contribution in [0.1, 0.15) is 35.3 Å². The molecule has 3 rings (SSSR count). The van der Waals surface area contributed by atoms with Crippen LogP contribution in [0.5, 0.6) is 0 Å². The van der Waals surface area contributed by atoms with Gasteiger partial charge in [0.1, 0.15) is 5.69 Å². The first kappa shape index (κ1) is 14.9. The summed E-state index contributed by atoms with van der Waals surface area (Å²) >= 11 is 0. The van der Waals surface area contributed by atoms with E-state index < -0.39 is 5.95 Å². The Balaban J connectivity index is 0.00000147. The minimum atomic E-state index is -0.559. The smallest absolute Gasteiger partial charge is 0.270 e. The Hall–Kier alpha value is -1.46. The maximum Gasteiger partial charge on any atom is 0.270 e. The molecule has 1 amide bonds. The molecule has 108 valence electrons. The summed E-state index contributed by atoms with van der Waals surface area (Å²) in [6, 6.07) is 3.50. The highest BCUT2D eigenvalue weighted by Crippen LogP contribution is 2.22. The largest absolute Gasteiger partial charge is 0.348 e. The maximum atomic E-state index is 14.0. The van der Waals surface area contributed by atoms with Crippen LogP contribution in [0.15, 0.2) is 18.2 Å². The van der Waals surface area contributed by atoms with Crippen molar-refractivity contribution in [3.63, 3.8) is 0 Å². The van der Waals surface area contributed by atoms with Gasteiger partial charge in [-0.1, -0.05) is 6.08 Å². The minimum Gasteiger partial charge on any atom is -0.348 e. The number of hydrogen-bond donors (Lipinski definition) is 2. The molecule has 0 unspecified atom stereocenters. The fourth-order valence-corrected chi connectivity index (χ4v) is 2.15. The SMILES string of the molecule is Cl.O=C(NC1CC1)c1ccc(C2=CCNCC2)c(F)n1. The third-order valence-corrected chi connectivity index (χ3v) is 3.40. The van der Waals surface area contributed by atoms with Crippen LogP contribution >= 0.6 is 12.4 Å². The van der Waals surface area contributed by atoms with Gasteiger partial charge in [0.2, 0.25) is 5.95 Å². The number of hydrogen-bond acceptors (Lipinski definition) is 3. The van der Waals surface area contributed by atoms with E-state index in [0.29, 0.717) is 5.56 Å². The van der Waals surface area contributed by atoms with Crippen LogP contribution < -0.4 is 10.6 Å². The number of amides is 1. The van der Waals surface area contributed by atoms with Gasteiger partial charge in [0.25, 0.3) is 5.91 Å². The molecule has 2 heterocycles. The van der Waals surface area contributed by atoms with Gasteiger partial charge in [-0.2, -0.15) is 4.39 Å².